The van der Waals surface area contributed by atoms with Gasteiger partial charge in [-0.3, -0.25) is 4.79 Å². The van der Waals surface area contributed by atoms with Crippen LogP contribution in [-0.4, -0.2) is 30.3 Å². The van der Waals surface area contributed by atoms with E-state index in [-0.39, 0.29) is 23.3 Å². The predicted octanol–water partition coefficient (Wildman–Crippen LogP) is 3.99. The smallest absolute Gasteiger partial charge is 0.235 e. The molecule has 5 nitrogen and oxygen atoms in total. The summed E-state index contributed by atoms with van der Waals surface area (Å²) in [5.41, 5.74) is 1.32. The van der Waals surface area contributed by atoms with Crippen LogP contribution < -0.4 is 10.2 Å². The van der Waals surface area contributed by atoms with Crippen molar-refractivity contribution < 1.29 is 18.7 Å². The second kappa shape index (κ2) is 7.56. The molecule has 0 radical (unpaired) electrons. The van der Waals surface area contributed by atoms with Crippen molar-refractivity contribution in [1.82, 2.24) is 4.90 Å². The number of halogens is 1. The molecule has 0 fully saturated rings. The Hall–Kier alpha value is -2.60. The van der Waals surface area contributed by atoms with Crippen molar-refractivity contribution in [2.45, 2.75) is 39.4 Å². The molecular formula is C21H24FNO4. The molecule has 1 heterocycles. The molecule has 0 saturated carbocycles. The zero-order chi connectivity index (χ0) is 19.7. The van der Waals surface area contributed by atoms with Gasteiger partial charge in [-0.25, -0.2) is 4.39 Å². The fourth-order valence-corrected chi connectivity index (χ4v) is 3.16. The summed E-state index contributed by atoms with van der Waals surface area (Å²) in [5.74, 6) is 0.968. The van der Waals surface area contributed by atoms with Gasteiger partial charge >= 0.3 is 0 Å². The number of nitrogens with zero attached hydrogens (tertiary/aromatic N) is 1. The van der Waals surface area contributed by atoms with Crippen molar-refractivity contribution in [2.24, 2.45) is 0 Å². The van der Waals surface area contributed by atoms with Gasteiger partial charge in [-0.1, -0.05) is 6.92 Å². The van der Waals surface area contributed by atoms with E-state index in [4.69, 9.17) is 9.15 Å². The number of rotatable bonds is 5. The van der Waals surface area contributed by atoms with E-state index < -0.39 is 6.17 Å². The number of alkyl halides is 1. The maximum absolute atomic E-state index is 13.2. The van der Waals surface area contributed by atoms with Crippen LogP contribution in [0.3, 0.4) is 0 Å². The van der Waals surface area contributed by atoms with E-state index in [9.17, 15) is 14.3 Å². The summed E-state index contributed by atoms with van der Waals surface area (Å²) in [5, 5.41) is 11.0. The van der Waals surface area contributed by atoms with Crippen LogP contribution in [-0.2, 0) is 13.0 Å². The number of aryl methyl sites for hydroxylation is 2. The van der Waals surface area contributed by atoms with E-state index in [1.54, 1.807) is 19.1 Å². The Kier molecular flexibility index (Phi) is 5.37. The molecule has 144 valence electrons. The van der Waals surface area contributed by atoms with E-state index in [1.165, 1.54) is 12.2 Å². The van der Waals surface area contributed by atoms with E-state index in [1.807, 2.05) is 25.9 Å². The van der Waals surface area contributed by atoms with Gasteiger partial charge in [0.15, 0.2) is 0 Å². The molecule has 0 amide bonds. The fourth-order valence-electron chi connectivity index (χ4n) is 3.16. The highest BCUT2D eigenvalue weighted by atomic mass is 19.1. The fraction of sp³-hybridized carbons (Fsp3) is 0.381. The molecule has 27 heavy (non-hydrogen) atoms. The highest BCUT2D eigenvalue weighted by Crippen LogP contribution is 2.34. The molecule has 3 rings (SSSR count). The molecule has 1 aliphatic carbocycles. The summed E-state index contributed by atoms with van der Waals surface area (Å²) in [4.78, 5) is 15.0. The average Bonchev–Trinajstić information content (AvgIpc) is 2.62. The molecule has 0 aliphatic heterocycles. The molecular weight excluding hydrogens is 349 g/mol. The van der Waals surface area contributed by atoms with Crippen molar-refractivity contribution >= 4 is 11.0 Å². The van der Waals surface area contributed by atoms with Crippen molar-refractivity contribution in [1.29, 1.82) is 0 Å². The number of ether oxygens (including phenoxy) is 1. The molecule has 1 aliphatic rings. The van der Waals surface area contributed by atoms with E-state index in [0.29, 0.717) is 46.6 Å². The first-order valence-electron chi connectivity index (χ1n) is 8.98. The summed E-state index contributed by atoms with van der Waals surface area (Å²) >= 11 is 0. The van der Waals surface area contributed by atoms with Crippen LogP contribution >= 0.6 is 0 Å². The van der Waals surface area contributed by atoms with E-state index >= 15 is 0 Å². The topological polar surface area (TPSA) is 62.9 Å². The number of allylic oxidation sites excluding steroid dienone is 3. The molecule has 2 aromatic rings. The number of phenols is 1. The van der Waals surface area contributed by atoms with Crippen LogP contribution in [0.2, 0.25) is 0 Å². The Balaban J connectivity index is 2.17. The first-order valence-corrected chi connectivity index (χ1v) is 8.98. The number of aromatic hydroxyl groups is 1. The van der Waals surface area contributed by atoms with Crippen LogP contribution in [0.15, 0.2) is 39.3 Å². The van der Waals surface area contributed by atoms with Gasteiger partial charge in [-0.05, 0) is 57.3 Å². The van der Waals surface area contributed by atoms with Crippen molar-refractivity contribution in [3.8, 4) is 11.5 Å². The van der Waals surface area contributed by atoms with Crippen molar-refractivity contribution in [3.63, 3.8) is 0 Å². The normalized spacial score (nSPS) is 16.8. The Bertz CT molecular complexity index is 988. The highest BCUT2D eigenvalue weighted by molar-refractivity contribution is 5.85. The number of phenolic OH excluding ortho intramolecular Hbond substituents is 1. The predicted molar refractivity (Wildman–Crippen MR) is 103 cm³/mol. The molecule has 0 unspecified atom stereocenters. The summed E-state index contributed by atoms with van der Waals surface area (Å²) < 4.78 is 24.9. The van der Waals surface area contributed by atoms with Gasteiger partial charge in [0.2, 0.25) is 11.2 Å². The Morgan fingerprint density at radius 1 is 1.41 bits per heavy atom. The molecule has 0 saturated heterocycles. The first kappa shape index (κ1) is 19.2. The Labute approximate surface area is 157 Å². The molecule has 1 N–H and O–H groups in total. The lowest BCUT2D eigenvalue weighted by molar-refractivity contribution is 0.368. The quantitative estimate of drug-likeness (QED) is 0.859. The third kappa shape index (κ3) is 3.76. The molecule has 0 spiro atoms. The lowest BCUT2D eigenvalue weighted by Crippen LogP contribution is -2.15. The largest absolute Gasteiger partial charge is 0.507 e. The summed E-state index contributed by atoms with van der Waals surface area (Å²) in [6.45, 7) is 3.99. The SMILES string of the molecule is CCc1cc2c(=O)c(OC3=CC[C@@H](F)C=C3)c(C)oc2c(CN(C)C)c1O. The molecule has 1 aromatic heterocycles. The standard InChI is InChI=1S/C21H24FNO4/c1-5-13-10-16-19(25)20(27-15-8-6-14(22)7-9-15)12(2)26-21(16)17(18(13)24)11-23(3)4/h6,8-10,14,24H,5,7,11H2,1-4H3/t14-/m0/s1. The zero-order valence-electron chi connectivity index (χ0n) is 16.0. The Morgan fingerprint density at radius 3 is 2.74 bits per heavy atom. The zero-order valence-corrected chi connectivity index (χ0v) is 16.0. The van der Waals surface area contributed by atoms with Gasteiger partial charge in [0.1, 0.15) is 29.0 Å². The number of hydrogen-bond donors (Lipinski definition) is 1. The lowest BCUT2D eigenvalue weighted by Gasteiger charge is -2.17. The van der Waals surface area contributed by atoms with E-state index in [2.05, 4.69) is 0 Å². The summed E-state index contributed by atoms with van der Waals surface area (Å²) in [7, 11) is 3.76. The number of benzene rings is 1. The van der Waals surface area contributed by atoms with Crippen LogP contribution in [0.4, 0.5) is 4.39 Å². The summed E-state index contributed by atoms with van der Waals surface area (Å²) in [6.07, 6.45) is 4.29. The van der Waals surface area contributed by atoms with Gasteiger partial charge < -0.3 is 19.2 Å². The van der Waals surface area contributed by atoms with Gasteiger partial charge in [-0.2, -0.15) is 0 Å². The maximum Gasteiger partial charge on any atom is 0.235 e. The van der Waals surface area contributed by atoms with Gasteiger partial charge in [0.05, 0.1) is 10.9 Å². The van der Waals surface area contributed by atoms with Crippen LogP contribution in [0.1, 0.15) is 30.2 Å². The lowest BCUT2D eigenvalue weighted by atomic mass is 10.0. The molecule has 0 bridgehead atoms. The van der Waals surface area contributed by atoms with Gasteiger partial charge in [0, 0.05) is 13.0 Å². The number of fused-ring (bicyclic) bond motifs is 1. The van der Waals surface area contributed by atoms with Crippen LogP contribution in [0.5, 0.6) is 11.5 Å². The minimum atomic E-state index is -1.03. The second-order valence-corrected chi connectivity index (χ2v) is 6.97. The monoisotopic (exact) mass is 373 g/mol. The minimum absolute atomic E-state index is 0.0826. The highest BCUT2D eigenvalue weighted by Gasteiger charge is 2.21. The van der Waals surface area contributed by atoms with Gasteiger partial charge in [-0.15, -0.1) is 0 Å². The van der Waals surface area contributed by atoms with Crippen LogP contribution in [0, 0.1) is 6.92 Å². The van der Waals surface area contributed by atoms with E-state index in [0.717, 1.165) is 0 Å². The summed E-state index contributed by atoms with van der Waals surface area (Å²) in [6, 6.07) is 1.66. The minimum Gasteiger partial charge on any atom is -0.507 e. The third-order valence-corrected chi connectivity index (χ3v) is 4.54. The third-order valence-electron chi connectivity index (χ3n) is 4.54. The maximum atomic E-state index is 13.2. The molecule has 1 aromatic carbocycles. The first-order chi connectivity index (χ1) is 12.8. The second-order valence-electron chi connectivity index (χ2n) is 6.97. The number of hydrogen-bond acceptors (Lipinski definition) is 5. The van der Waals surface area contributed by atoms with Crippen LogP contribution in [0.25, 0.3) is 11.0 Å². The average molecular weight is 373 g/mol. The van der Waals surface area contributed by atoms with Crippen molar-refractivity contribution in [3.05, 3.63) is 57.2 Å². The van der Waals surface area contributed by atoms with Crippen molar-refractivity contribution in [2.75, 3.05) is 14.1 Å². The van der Waals surface area contributed by atoms with Gasteiger partial charge in [0.25, 0.3) is 0 Å². The Morgan fingerprint density at radius 2 is 2.15 bits per heavy atom. The molecule has 6 heteroatoms. The molecule has 1 atom stereocenters.